The van der Waals surface area contributed by atoms with Gasteiger partial charge in [0.25, 0.3) is 0 Å². The molecule has 1 saturated carbocycles. The van der Waals surface area contributed by atoms with Crippen LogP contribution in [-0.2, 0) is 0 Å². The number of carbonyl (C=O) groups is 1. The van der Waals surface area contributed by atoms with Crippen LogP contribution in [0.1, 0.15) is 43.0 Å². The lowest BCUT2D eigenvalue weighted by molar-refractivity contribution is 0.0697. The van der Waals surface area contributed by atoms with Crippen LogP contribution in [0, 0.1) is 11.8 Å². The van der Waals surface area contributed by atoms with Gasteiger partial charge in [0.1, 0.15) is 0 Å². The van der Waals surface area contributed by atoms with Crippen LogP contribution in [0.25, 0.3) is 0 Å². The lowest BCUT2D eigenvalue weighted by atomic mass is 9.82. The van der Waals surface area contributed by atoms with Gasteiger partial charge >= 0.3 is 5.97 Å². The number of hydrogen-bond acceptors (Lipinski definition) is 2. The second kappa shape index (κ2) is 6.29. The highest BCUT2D eigenvalue weighted by atomic mass is 35.5. The third-order valence-corrected chi connectivity index (χ3v) is 4.15. The zero-order valence-electron chi connectivity index (χ0n) is 11.2. The number of anilines is 1. The molecule has 104 valence electrons. The summed E-state index contributed by atoms with van der Waals surface area (Å²) in [4.78, 5) is 10.8. The number of hydrogen-bond donors (Lipinski definition) is 2. The molecule has 1 aromatic carbocycles. The summed E-state index contributed by atoms with van der Waals surface area (Å²) >= 11 is 6.09. The number of carboxylic acid groups (broad SMARTS) is 1. The molecule has 0 radical (unpaired) electrons. The minimum atomic E-state index is -0.949. The van der Waals surface area contributed by atoms with Gasteiger partial charge < -0.3 is 10.4 Å². The van der Waals surface area contributed by atoms with Crippen molar-refractivity contribution in [1.29, 1.82) is 0 Å². The molecule has 1 aromatic rings. The summed E-state index contributed by atoms with van der Waals surface area (Å²) < 4.78 is 0. The summed E-state index contributed by atoms with van der Waals surface area (Å²) in [6.07, 6.45) is 5.17. The Balaban J connectivity index is 1.94. The molecule has 0 bridgehead atoms. The number of benzene rings is 1. The normalized spacial score (nSPS) is 23.1. The highest BCUT2D eigenvalue weighted by Crippen LogP contribution is 2.30. The topological polar surface area (TPSA) is 49.3 Å². The fourth-order valence-corrected chi connectivity index (χ4v) is 3.04. The van der Waals surface area contributed by atoms with E-state index in [1.54, 1.807) is 12.1 Å². The molecule has 19 heavy (non-hydrogen) atoms. The maximum Gasteiger partial charge on any atom is 0.335 e. The van der Waals surface area contributed by atoms with Crippen LogP contribution in [0.5, 0.6) is 0 Å². The van der Waals surface area contributed by atoms with Gasteiger partial charge in [0.05, 0.1) is 16.3 Å². The van der Waals surface area contributed by atoms with Crippen molar-refractivity contribution < 1.29 is 9.90 Å². The average molecular weight is 282 g/mol. The zero-order valence-corrected chi connectivity index (χ0v) is 11.9. The highest BCUT2D eigenvalue weighted by Gasteiger charge is 2.18. The maximum absolute atomic E-state index is 10.8. The SMILES string of the molecule is CC1CCCC(CNc2ccc(C(=O)O)cc2Cl)C1. The Morgan fingerprint density at radius 2 is 2.26 bits per heavy atom. The lowest BCUT2D eigenvalue weighted by Crippen LogP contribution is -2.21. The Kier molecular flexibility index (Phi) is 4.70. The van der Waals surface area contributed by atoms with E-state index in [0.717, 1.165) is 18.2 Å². The molecule has 2 rings (SSSR count). The van der Waals surface area contributed by atoms with Crippen LogP contribution in [0.3, 0.4) is 0 Å². The molecule has 3 nitrogen and oxygen atoms in total. The minimum absolute atomic E-state index is 0.224. The van der Waals surface area contributed by atoms with E-state index >= 15 is 0 Å². The molecule has 1 fully saturated rings. The van der Waals surface area contributed by atoms with Crippen molar-refractivity contribution >= 4 is 23.3 Å². The number of aromatic carboxylic acids is 1. The maximum atomic E-state index is 10.8. The number of carboxylic acids is 1. The molecule has 0 aliphatic heterocycles. The molecule has 1 aliphatic carbocycles. The van der Waals surface area contributed by atoms with Crippen molar-refractivity contribution in [1.82, 2.24) is 0 Å². The second-order valence-electron chi connectivity index (χ2n) is 5.52. The van der Waals surface area contributed by atoms with E-state index in [4.69, 9.17) is 16.7 Å². The Labute approximate surface area is 119 Å². The highest BCUT2D eigenvalue weighted by molar-refractivity contribution is 6.33. The van der Waals surface area contributed by atoms with Gasteiger partial charge in [-0.25, -0.2) is 4.79 Å². The molecular weight excluding hydrogens is 262 g/mol. The van der Waals surface area contributed by atoms with Gasteiger partial charge in [-0.05, 0) is 42.9 Å². The molecule has 2 unspecified atom stereocenters. The van der Waals surface area contributed by atoms with Crippen LogP contribution in [0.4, 0.5) is 5.69 Å². The molecule has 2 N–H and O–H groups in total. The largest absolute Gasteiger partial charge is 0.478 e. The lowest BCUT2D eigenvalue weighted by Gasteiger charge is -2.27. The van der Waals surface area contributed by atoms with Gasteiger partial charge in [0.15, 0.2) is 0 Å². The van der Waals surface area contributed by atoms with Gasteiger partial charge in [-0.15, -0.1) is 0 Å². The van der Waals surface area contributed by atoms with E-state index in [9.17, 15) is 4.79 Å². The van der Waals surface area contributed by atoms with Crippen LogP contribution < -0.4 is 5.32 Å². The van der Waals surface area contributed by atoms with Crippen molar-refractivity contribution in [2.24, 2.45) is 11.8 Å². The van der Waals surface area contributed by atoms with Gasteiger partial charge in [-0.3, -0.25) is 0 Å². The van der Waals surface area contributed by atoms with Gasteiger partial charge in [0, 0.05) is 6.54 Å². The van der Waals surface area contributed by atoms with Crippen LogP contribution >= 0.6 is 11.6 Å². The first kappa shape index (κ1) is 14.2. The number of nitrogens with one attached hydrogen (secondary N) is 1. The van der Waals surface area contributed by atoms with Crippen molar-refractivity contribution in [3.05, 3.63) is 28.8 Å². The standard InChI is InChI=1S/C15H20ClNO2/c1-10-3-2-4-11(7-10)9-17-14-6-5-12(15(18)19)8-13(14)16/h5-6,8,10-11,17H,2-4,7,9H2,1H3,(H,18,19). The molecule has 0 heterocycles. The summed E-state index contributed by atoms with van der Waals surface area (Å²) in [6.45, 7) is 3.22. The number of rotatable bonds is 4. The quantitative estimate of drug-likeness (QED) is 0.866. The predicted molar refractivity (Wildman–Crippen MR) is 78.0 cm³/mol. The van der Waals surface area contributed by atoms with Crippen molar-refractivity contribution in [3.8, 4) is 0 Å². The van der Waals surface area contributed by atoms with E-state index in [0.29, 0.717) is 10.9 Å². The Hall–Kier alpha value is -1.22. The molecular formula is C15H20ClNO2. The summed E-state index contributed by atoms with van der Waals surface area (Å²) in [6, 6.07) is 4.83. The van der Waals surface area contributed by atoms with E-state index in [1.165, 1.54) is 31.7 Å². The first-order chi connectivity index (χ1) is 9.06. The first-order valence-corrected chi connectivity index (χ1v) is 7.20. The number of halogens is 1. The Morgan fingerprint density at radius 1 is 1.47 bits per heavy atom. The van der Waals surface area contributed by atoms with E-state index in [-0.39, 0.29) is 5.56 Å². The second-order valence-corrected chi connectivity index (χ2v) is 5.93. The van der Waals surface area contributed by atoms with Gasteiger partial charge in [-0.2, -0.15) is 0 Å². The molecule has 4 heteroatoms. The van der Waals surface area contributed by atoms with Gasteiger partial charge in [-0.1, -0.05) is 31.4 Å². The summed E-state index contributed by atoms with van der Waals surface area (Å²) in [7, 11) is 0. The van der Waals surface area contributed by atoms with Crippen molar-refractivity contribution in [2.45, 2.75) is 32.6 Å². The van der Waals surface area contributed by atoms with E-state index < -0.39 is 5.97 Å². The Bertz CT molecular complexity index is 461. The molecule has 0 amide bonds. The van der Waals surface area contributed by atoms with Crippen LogP contribution in [-0.4, -0.2) is 17.6 Å². The molecule has 2 atom stereocenters. The minimum Gasteiger partial charge on any atom is -0.478 e. The van der Waals surface area contributed by atoms with Gasteiger partial charge in [0.2, 0.25) is 0 Å². The fourth-order valence-electron chi connectivity index (χ4n) is 2.79. The molecule has 0 spiro atoms. The monoisotopic (exact) mass is 281 g/mol. The smallest absolute Gasteiger partial charge is 0.335 e. The summed E-state index contributed by atoms with van der Waals surface area (Å²) in [5.41, 5.74) is 1.05. The van der Waals surface area contributed by atoms with Crippen LogP contribution in [0.2, 0.25) is 5.02 Å². The molecule has 0 saturated heterocycles. The molecule has 1 aliphatic rings. The summed E-state index contributed by atoms with van der Waals surface area (Å²) in [5.74, 6) is 0.555. The average Bonchev–Trinajstić information content (AvgIpc) is 2.37. The third-order valence-electron chi connectivity index (χ3n) is 3.84. The van der Waals surface area contributed by atoms with Crippen LogP contribution in [0.15, 0.2) is 18.2 Å². The summed E-state index contributed by atoms with van der Waals surface area (Å²) in [5, 5.41) is 12.7. The first-order valence-electron chi connectivity index (χ1n) is 6.83. The third kappa shape index (κ3) is 3.87. The molecule has 0 aromatic heterocycles. The fraction of sp³-hybridized carbons (Fsp3) is 0.533. The van der Waals surface area contributed by atoms with E-state index in [2.05, 4.69) is 12.2 Å². The van der Waals surface area contributed by atoms with E-state index in [1.807, 2.05) is 0 Å². The van der Waals surface area contributed by atoms with Crippen molar-refractivity contribution in [3.63, 3.8) is 0 Å². The predicted octanol–water partition coefficient (Wildman–Crippen LogP) is 4.28. The van der Waals surface area contributed by atoms with Crippen molar-refractivity contribution in [2.75, 3.05) is 11.9 Å². The Morgan fingerprint density at radius 3 is 2.89 bits per heavy atom. The zero-order chi connectivity index (χ0) is 13.8.